The number of aryl methyl sites for hydroxylation is 1. The summed E-state index contributed by atoms with van der Waals surface area (Å²) in [7, 11) is 0. The van der Waals surface area contributed by atoms with Crippen molar-refractivity contribution in [1.82, 2.24) is 0 Å². The van der Waals surface area contributed by atoms with Crippen LogP contribution < -0.4 is 16.4 Å². The van der Waals surface area contributed by atoms with Crippen LogP contribution in [-0.4, -0.2) is 24.9 Å². The summed E-state index contributed by atoms with van der Waals surface area (Å²) in [5.74, 6) is -1.62. The summed E-state index contributed by atoms with van der Waals surface area (Å²) in [5, 5.41) is 0. The molecular weight excluding hydrogens is 278 g/mol. The summed E-state index contributed by atoms with van der Waals surface area (Å²) < 4.78 is 0. The summed E-state index contributed by atoms with van der Waals surface area (Å²) >= 11 is 0. The normalized spacial score (nSPS) is 10.1. The Morgan fingerprint density at radius 3 is 2.05 bits per heavy atom. The van der Waals surface area contributed by atoms with E-state index in [1.165, 1.54) is 11.8 Å². The molecule has 120 valence electrons. The molecule has 0 aliphatic heterocycles. The Balaban J connectivity index is 3.14. The van der Waals surface area contributed by atoms with Crippen LogP contribution in [-0.2, 0) is 9.59 Å². The van der Waals surface area contributed by atoms with Crippen LogP contribution in [0, 0.1) is 6.92 Å². The number of nitrogens with two attached hydrogens (primary N) is 2. The number of amides is 2. The molecule has 5 nitrogen and oxygen atoms in total. The molecule has 22 heavy (non-hydrogen) atoms. The van der Waals surface area contributed by atoms with E-state index in [0.29, 0.717) is 0 Å². The van der Waals surface area contributed by atoms with Gasteiger partial charge in [0.15, 0.2) is 0 Å². The van der Waals surface area contributed by atoms with Gasteiger partial charge in [-0.1, -0.05) is 19.9 Å². The first-order valence-corrected chi connectivity index (χ1v) is 7.57. The molecule has 0 spiro atoms. The van der Waals surface area contributed by atoms with Gasteiger partial charge in [-0.25, -0.2) is 0 Å². The molecule has 1 rings (SSSR count). The van der Waals surface area contributed by atoms with Crippen molar-refractivity contribution >= 4 is 23.6 Å². The van der Waals surface area contributed by atoms with Crippen molar-refractivity contribution < 1.29 is 9.59 Å². The van der Waals surface area contributed by atoms with Crippen molar-refractivity contribution in [2.45, 2.75) is 33.6 Å². The molecule has 0 saturated carbocycles. The zero-order valence-corrected chi connectivity index (χ0v) is 13.6. The highest BCUT2D eigenvalue weighted by Crippen LogP contribution is 2.23. The fourth-order valence-corrected chi connectivity index (χ4v) is 2.45. The maximum atomic E-state index is 11.2. The number of anilines is 1. The van der Waals surface area contributed by atoms with Gasteiger partial charge in [0.1, 0.15) is 5.57 Å². The molecule has 0 radical (unpaired) electrons. The maximum absolute atomic E-state index is 11.2. The molecule has 0 saturated heterocycles. The van der Waals surface area contributed by atoms with Gasteiger partial charge in [0.25, 0.3) is 11.8 Å². The molecule has 0 heterocycles. The summed E-state index contributed by atoms with van der Waals surface area (Å²) in [6, 6.07) is 5.80. The second kappa shape index (κ2) is 8.22. The second-order valence-electron chi connectivity index (χ2n) is 5.32. The second-order valence-corrected chi connectivity index (χ2v) is 5.32. The van der Waals surface area contributed by atoms with E-state index in [1.54, 1.807) is 0 Å². The third-order valence-electron chi connectivity index (χ3n) is 3.39. The van der Waals surface area contributed by atoms with Crippen LogP contribution in [0.1, 0.15) is 37.8 Å². The molecule has 0 aliphatic carbocycles. The standard InChI is InChI=1S/C17H25N3O2/c1-4-8-20(9-5-2)15-7-6-13(10-12(15)3)11-14(16(18)21)17(19)22/h6-7,10-11H,4-5,8-9H2,1-3H3,(H2,18,21)(H2,19,22). The Labute approximate surface area is 132 Å². The first-order chi connectivity index (χ1) is 10.4. The van der Waals surface area contributed by atoms with Crippen molar-refractivity contribution in [1.29, 1.82) is 0 Å². The maximum Gasteiger partial charge on any atom is 0.254 e. The molecule has 0 unspecified atom stereocenters. The van der Waals surface area contributed by atoms with E-state index in [1.807, 2.05) is 25.1 Å². The zero-order valence-electron chi connectivity index (χ0n) is 13.6. The molecule has 0 atom stereocenters. The van der Waals surface area contributed by atoms with Crippen LogP contribution >= 0.6 is 0 Å². The van der Waals surface area contributed by atoms with E-state index in [-0.39, 0.29) is 5.57 Å². The number of carbonyl (C=O) groups excluding carboxylic acids is 2. The van der Waals surface area contributed by atoms with E-state index in [4.69, 9.17) is 11.5 Å². The van der Waals surface area contributed by atoms with Gasteiger partial charge >= 0.3 is 0 Å². The molecule has 0 aliphatic rings. The van der Waals surface area contributed by atoms with Crippen LogP contribution in [0.3, 0.4) is 0 Å². The number of hydrogen-bond donors (Lipinski definition) is 2. The monoisotopic (exact) mass is 303 g/mol. The van der Waals surface area contributed by atoms with E-state index in [9.17, 15) is 9.59 Å². The number of benzene rings is 1. The number of carbonyl (C=O) groups is 2. The van der Waals surface area contributed by atoms with Gasteiger partial charge < -0.3 is 16.4 Å². The molecule has 0 bridgehead atoms. The van der Waals surface area contributed by atoms with Gasteiger partial charge in [0, 0.05) is 18.8 Å². The van der Waals surface area contributed by atoms with Crippen molar-refractivity contribution in [3.8, 4) is 0 Å². The highest BCUT2D eigenvalue weighted by Gasteiger charge is 2.12. The summed E-state index contributed by atoms with van der Waals surface area (Å²) in [6.45, 7) is 8.32. The first kappa shape index (κ1) is 17.8. The number of hydrogen-bond acceptors (Lipinski definition) is 3. The van der Waals surface area contributed by atoms with Gasteiger partial charge in [-0.2, -0.15) is 0 Å². The molecule has 5 heteroatoms. The largest absolute Gasteiger partial charge is 0.371 e. The average Bonchev–Trinajstić information content (AvgIpc) is 2.44. The molecule has 2 amide bonds. The van der Waals surface area contributed by atoms with Crippen LogP contribution in [0.2, 0.25) is 0 Å². The highest BCUT2D eigenvalue weighted by atomic mass is 16.2. The lowest BCUT2D eigenvalue weighted by molar-refractivity contribution is -0.120. The predicted octanol–water partition coefficient (Wildman–Crippen LogP) is 1.98. The van der Waals surface area contributed by atoms with Crippen molar-refractivity contribution in [2.24, 2.45) is 11.5 Å². The third-order valence-corrected chi connectivity index (χ3v) is 3.39. The topological polar surface area (TPSA) is 89.4 Å². The fraction of sp³-hybridized carbons (Fsp3) is 0.412. The molecule has 0 fully saturated rings. The number of primary amides is 2. The fourth-order valence-electron chi connectivity index (χ4n) is 2.45. The van der Waals surface area contributed by atoms with Crippen molar-refractivity contribution in [3.63, 3.8) is 0 Å². The van der Waals surface area contributed by atoms with Crippen LogP contribution in [0.4, 0.5) is 5.69 Å². The Hall–Kier alpha value is -2.30. The Morgan fingerprint density at radius 1 is 1.09 bits per heavy atom. The van der Waals surface area contributed by atoms with Crippen LogP contribution in [0.5, 0.6) is 0 Å². The minimum atomic E-state index is -0.812. The zero-order chi connectivity index (χ0) is 16.7. The Morgan fingerprint density at radius 2 is 1.64 bits per heavy atom. The molecule has 1 aromatic rings. The quantitative estimate of drug-likeness (QED) is 0.437. The molecule has 4 N–H and O–H groups in total. The summed E-state index contributed by atoms with van der Waals surface area (Å²) in [5.41, 5.74) is 13.1. The predicted molar refractivity (Wildman–Crippen MR) is 90.3 cm³/mol. The summed E-state index contributed by atoms with van der Waals surface area (Å²) in [4.78, 5) is 24.8. The van der Waals surface area contributed by atoms with Crippen LogP contribution in [0.25, 0.3) is 6.08 Å². The van der Waals surface area contributed by atoms with Gasteiger partial charge in [-0.3, -0.25) is 9.59 Å². The lowest BCUT2D eigenvalue weighted by atomic mass is 10.0. The molecular formula is C17H25N3O2. The SMILES string of the molecule is CCCN(CCC)c1ccc(C=C(C(N)=O)C(N)=O)cc1C. The van der Waals surface area contributed by atoms with Gasteiger partial charge in [0.05, 0.1) is 0 Å². The third kappa shape index (κ3) is 4.62. The number of nitrogens with zero attached hydrogens (tertiary/aromatic N) is 1. The Kier molecular flexibility index (Phi) is 6.63. The smallest absolute Gasteiger partial charge is 0.254 e. The van der Waals surface area contributed by atoms with Gasteiger partial charge in [0.2, 0.25) is 0 Å². The highest BCUT2D eigenvalue weighted by molar-refractivity contribution is 6.20. The summed E-state index contributed by atoms with van der Waals surface area (Å²) in [6.07, 6.45) is 3.59. The average molecular weight is 303 g/mol. The number of rotatable bonds is 8. The van der Waals surface area contributed by atoms with Crippen molar-refractivity contribution in [2.75, 3.05) is 18.0 Å². The van der Waals surface area contributed by atoms with E-state index in [2.05, 4.69) is 18.7 Å². The minimum Gasteiger partial charge on any atom is -0.371 e. The first-order valence-electron chi connectivity index (χ1n) is 7.57. The molecule has 1 aromatic carbocycles. The van der Waals surface area contributed by atoms with Gasteiger partial charge in [-0.05, 0) is 49.1 Å². The van der Waals surface area contributed by atoms with E-state index in [0.717, 1.165) is 37.1 Å². The lowest BCUT2D eigenvalue weighted by Gasteiger charge is -2.25. The lowest BCUT2D eigenvalue weighted by Crippen LogP contribution is -2.26. The van der Waals surface area contributed by atoms with Gasteiger partial charge in [-0.15, -0.1) is 0 Å². The van der Waals surface area contributed by atoms with Crippen LogP contribution in [0.15, 0.2) is 23.8 Å². The van der Waals surface area contributed by atoms with Crippen molar-refractivity contribution in [3.05, 3.63) is 34.9 Å². The molecule has 0 aromatic heterocycles. The minimum absolute atomic E-state index is 0.189. The van der Waals surface area contributed by atoms with E-state index >= 15 is 0 Å². The Bertz CT molecular complexity index is 557. The van der Waals surface area contributed by atoms with E-state index < -0.39 is 11.8 Å².